The van der Waals surface area contributed by atoms with Gasteiger partial charge in [-0.25, -0.2) is 22.0 Å². The van der Waals surface area contributed by atoms with Crippen molar-refractivity contribution in [2.75, 3.05) is 7.05 Å². The van der Waals surface area contributed by atoms with Crippen LogP contribution in [0.3, 0.4) is 0 Å². The standard InChI is InChI=1S/C16H17F2NO5S/c1-8(11-5-6-12(17)13(18)7-11)19(4)25(22,23)15-10(3)24-9(2)14(15)16(20)21/h5-8H,1-4H3,(H,20,21). The Bertz CT molecular complexity index is 936. The van der Waals surface area contributed by atoms with Crippen LogP contribution in [-0.4, -0.2) is 30.8 Å². The van der Waals surface area contributed by atoms with Gasteiger partial charge in [0.25, 0.3) is 0 Å². The molecule has 2 rings (SSSR count). The number of sulfonamides is 1. The first-order chi connectivity index (χ1) is 11.5. The zero-order chi connectivity index (χ0) is 19.1. The number of aromatic carboxylic acids is 1. The van der Waals surface area contributed by atoms with Crippen LogP contribution in [0.25, 0.3) is 0 Å². The Morgan fingerprint density at radius 1 is 1.20 bits per heavy atom. The number of carboxylic acid groups (broad SMARTS) is 1. The molecule has 0 amide bonds. The number of rotatable bonds is 5. The Balaban J connectivity index is 2.53. The third-order valence-electron chi connectivity index (χ3n) is 4.03. The second-order valence-electron chi connectivity index (χ2n) is 5.59. The van der Waals surface area contributed by atoms with Crippen molar-refractivity contribution in [1.29, 1.82) is 0 Å². The lowest BCUT2D eigenvalue weighted by Gasteiger charge is -2.24. The third kappa shape index (κ3) is 3.29. The largest absolute Gasteiger partial charge is 0.478 e. The summed E-state index contributed by atoms with van der Waals surface area (Å²) in [6, 6.07) is 2.20. The van der Waals surface area contributed by atoms with Gasteiger partial charge in [-0.1, -0.05) is 6.07 Å². The van der Waals surface area contributed by atoms with Crippen molar-refractivity contribution in [3.05, 3.63) is 52.5 Å². The maximum absolute atomic E-state index is 13.4. The molecule has 0 aliphatic carbocycles. The third-order valence-corrected chi connectivity index (χ3v) is 6.11. The van der Waals surface area contributed by atoms with E-state index in [2.05, 4.69) is 0 Å². The smallest absolute Gasteiger partial charge is 0.340 e. The number of hydrogen-bond donors (Lipinski definition) is 1. The van der Waals surface area contributed by atoms with Crippen LogP contribution in [0, 0.1) is 25.5 Å². The Hall–Kier alpha value is -2.26. The molecule has 1 unspecified atom stereocenters. The van der Waals surface area contributed by atoms with E-state index in [9.17, 15) is 27.1 Å². The summed E-state index contributed by atoms with van der Waals surface area (Å²) in [7, 11) is -3.02. The average molecular weight is 373 g/mol. The van der Waals surface area contributed by atoms with Crippen molar-refractivity contribution in [2.45, 2.75) is 31.7 Å². The monoisotopic (exact) mass is 373 g/mol. The minimum Gasteiger partial charge on any atom is -0.478 e. The highest BCUT2D eigenvalue weighted by Gasteiger charge is 2.36. The molecule has 0 radical (unpaired) electrons. The maximum Gasteiger partial charge on any atom is 0.340 e. The molecule has 0 bridgehead atoms. The lowest BCUT2D eigenvalue weighted by atomic mass is 10.1. The molecule has 0 aliphatic heterocycles. The van der Waals surface area contributed by atoms with Crippen LogP contribution in [0.4, 0.5) is 8.78 Å². The normalized spacial score (nSPS) is 13.2. The van der Waals surface area contributed by atoms with Crippen LogP contribution >= 0.6 is 0 Å². The number of aryl methyl sites for hydroxylation is 2. The Kier molecular flexibility index (Phi) is 5.01. The van der Waals surface area contributed by atoms with Crippen LogP contribution in [0.1, 0.15) is 40.4 Å². The number of carbonyl (C=O) groups is 1. The molecule has 9 heteroatoms. The maximum atomic E-state index is 13.4. The van der Waals surface area contributed by atoms with Gasteiger partial charge in [0.05, 0.1) is 0 Å². The second kappa shape index (κ2) is 6.57. The van der Waals surface area contributed by atoms with Gasteiger partial charge in [-0.05, 0) is 38.5 Å². The molecule has 1 heterocycles. The predicted octanol–water partition coefficient (Wildman–Crippen LogP) is 3.25. The van der Waals surface area contributed by atoms with Gasteiger partial charge in [-0.15, -0.1) is 0 Å². The number of carboxylic acids is 1. The van der Waals surface area contributed by atoms with Crippen LogP contribution in [-0.2, 0) is 10.0 Å². The molecule has 0 spiro atoms. The molecule has 1 aromatic heterocycles. The van der Waals surface area contributed by atoms with Crippen molar-refractivity contribution in [1.82, 2.24) is 4.31 Å². The predicted molar refractivity (Wildman–Crippen MR) is 84.9 cm³/mol. The summed E-state index contributed by atoms with van der Waals surface area (Å²) in [6.45, 7) is 4.18. The first-order valence-electron chi connectivity index (χ1n) is 7.24. The molecule has 1 aromatic carbocycles. The minimum absolute atomic E-state index is 0.0301. The van der Waals surface area contributed by atoms with E-state index in [1.807, 2.05) is 0 Å². The van der Waals surface area contributed by atoms with E-state index in [1.165, 1.54) is 33.9 Å². The number of nitrogens with zero attached hydrogens (tertiary/aromatic N) is 1. The molecule has 0 fully saturated rings. The SMILES string of the molecule is Cc1oc(C)c(S(=O)(=O)N(C)C(C)c2ccc(F)c(F)c2)c1C(=O)O. The molecule has 1 atom stereocenters. The van der Waals surface area contributed by atoms with Crippen LogP contribution in [0.15, 0.2) is 27.5 Å². The van der Waals surface area contributed by atoms with E-state index in [1.54, 1.807) is 0 Å². The molecule has 0 aliphatic rings. The second-order valence-corrected chi connectivity index (χ2v) is 7.53. The number of furan rings is 1. The van der Waals surface area contributed by atoms with Gasteiger partial charge >= 0.3 is 5.97 Å². The molecule has 25 heavy (non-hydrogen) atoms. The average Bonchev–Trinajstić information content (AvgIpc) is 2.83. The fourth-order valence-corrected chi connectivity index (χ4v) is 4.28. The molecule has 1 N–H and O–H groups in total. The van der Waals surface area contributed by atoms with Gasteiger partial charge in [0.1, 0.15) is 22.0 Å². The van der Waals surface area contributed by atoms with Crippen LogP contribution < -0.4 is 0 Å². The summed E-state index contributed by atoms with van der Waals surface area (Å²) in [5, 5.41) is 9.29. The molecule has 0 saturated heterocycles. The number of halogens is 2. The Morgan fingerprint density at radius 3 is 2.32 bits per heavy atom. The molecule has 0 saturated carbocycles. The van der Waals surface area contributed by atoms with Crippen LogP contribution in [0.5, 0.6) is 0 Å². The first-order valence-corrected chi connectivity index (χ1v) is 8.68. The zero-order valence-electron chi connectivity index (χ0n) is 14.0. The highest BCUT2D eigenvalue weighted by atomic mass is 32.2. The van der Waals surface area contributed by atoms with Gasteiger partial charge in [-0.3, -0.25) is 0 Å². The van der Waals surface area contributed by atoms with Gasteiger partial charge in [0, 0.05) is 13.1 Å². The lowest BCUT2D eigenvalue weighted by molar-refractivity contribution is 0.0691. The fraction of sp³-hybridized carbons (Fsp3) is 0.312. The summed E-state index contributed by atoms with van der Waals surface area (Å²) < 4.78 is 58.3. The van der Waals surface area contributed by atoms with Crippen molar-refractivity contribution in [3.63, 3.8) is 0 Å². The van der Waals surface area contributed by atoms with E-state index >= 15 is 0 Å². The van der Waals surface area contributed by atoms with Crippen molar-refractivity contribution in [3.8, 4) is 0 Å². The molecular formula is C16H17F2NO5S. The molecule has 2 aromatic rings. The van der Waals surface area contributed by atoms with Gasteiger partial charge < -0.3 is 9.52 Å². The zero-order valence-corrected chi connectivity index (χ0v) is 14.8. The van der Waals surface area contributed by atoms with E-state index in [0.29, 0.717) is 0 Å². The number of hydrogen-bond acceptors (Lipinski definition) is 4. The summed E-state index contributed by atoms with van der Waals surface area (Å²) in [5.74, 6) is -3.66. The highest BCUT2D eigenvalue weighted by molar-refractivity contribution is 7.89. The van der Waals surface area contributed by atoms with Crippen molar-refractivity contribution >= 4 is 16.0 Å². The lowest BCUT2D eigenvalue weighted by Crippen LogP contribution is -2.31. The first kappa shape index (κ1) is 19.1. The van der Waals surface area contributed by atoms with Gasteiger partial charge in [0.15, 0.2) is 11.6 Å². The molecule has 6 nitrogen and oxygen atoms in total. The topological polar surface area (TPSA) is 87.8 Å². The van der Waals surface area contributed by atoms with Crippen molar-refractivity contribution < 1.29 is 31.5 Å². The number of benzene rings is 1. The minimum atomic E-state index is -4.25. The molecular weight excluding hydrogens is 356 g/mol. The fourth-order valence-electron chi connectivity index (χ4n) is 2.56. The summed E-state index contributed by atoms with van der Waals surface area (Å²) in [4.78, 5) is 11.0. The van der Waals surface area contributed by atoms with Crippen LogP contribution in [0.2, 0.25) is 0 Å². The summed E-state index contributed by atoms with van der Waals surface area (Å²) in [6.07, 6.45) is 0. The quantitative estimate of drug-likeness (QED) is 0.869. The Labute approximate surface area is 143 Å². The van der Waals surface area contributed by atoms with E-state index in [-0.39, 0.29) is 17.1 Å². The highest BCUT2D eigenvalue weighted by Crippen LogP contribution is 2.33. The van der Waals surface area contributed by atoms with Gasteiger partial charge in [-0.2, -0.15) is 4.31 Å². The summed E-state index contributed by atoms with van der Waals surface area (Å²) in [5.41, 5.74) is -0.221. The van der Waals surface area contributed by atoms with Gasteiger partial charge in [0.2, 0.25) is 10.0 Å². The van der Waals surface area contributed by atoms with E-state index < -0.39 is 44.1 Å². The Morgan fingerprint density at radius 2 is 1.80 bits per heavy atom. The summed E-state index contributed by atoms with van der Waals surface area (Å²) >= 11 is 0. The van der Waals surface area contributed by atoms with E-state index in [4.69, 9.17) is 4.42 Å². The van der Waals surface area contributed by atoms with Crippen molar-refractivity contribution in [2.24, 2.45) is 0 Å². The van der Waals surface area contributed by atoms with E-state index in [0.717, 1.165) is 16.4 Å². The molecule has 136 valence electrons.